The molecule has 0 saturated carbocycles. The van der Waals surface area contributed by atoms with Crippen LogP contribution in [0.2, 0.25) is 0 Å². The van der Waals surface area contributed by atoms with Crippen LogP contribution in [0.3, 0.4) is 0 Å². The van der Waals surface area contributed by atoms with Gasteiger partial charge in [0.25, 0.3) is 0 Å². The second kappa shape index (κ2) is 2.85. The predicted octanol–water partition coefficient (Wildman–Crippen LogP) is 2.31. The molecule has 0 aromatic heterocycles. The van der Waals surface area contributed by atoms with Gasteiger partial charge in [-0.1, -0.05) is 0 Å². The molecule has 0 unspecified atom stereocenters. The maximum Gasteiger partial charge on any atom is 0.194 e. The van der Waals surface area contributed by atoms with E-state index in [1.807, 2.05) is 0 Å². The zero-order valence-corrected chi connectivity index (χ0v) is 8.27. The summed E-state index contributed by atoms with van der Waals surface area (Å²) in [5.41, 5.74) is 2.49. The Kier molecular flexibility index (Phi) is 1.60. The lowest BCUT2D eigenvalue weighted by Crippen LogP contribution is -1.93. The van der Waals surface area contributed by atoms with Gasteiger partial charge in [-0.05, 0) is 47.5 Å². The van der Waals surface area contributed by atoms with Crippen molar-refractivity contribution in [3.63, 3.8) is 0 Å². The molecule has 0 saturated heterocycles. The minimum Gasteiger partial charge on any atom is -0.508 e. The summed E-state index contributed by atoms with van der Waals surface area (Å²) in [6.45, 7) is 0. The minimum atomic E-state index is -0.0648. The number of ketones is 1. The average molecular weight is 212 g/mol. The summed E-state index contributed by atoms with van der Waals surface area (Å²) in [7, 11) is 0. The highest BCUT2D eigenvalue weighted by Crippen LogP contribution is 2.39. The van der Waals surface area contributed by atoms with Crippen molar-refractivity contribution >= 4 is 5.78 Å². The standard InChI is InChI=1S/C13H8O3/c14-7-1-3-9-11(5-7)12-6-8(15)2-4-10(12)13(9)16/h1-6,14-15H. The maximum absolute atomic E-state index is 11.9. The lowest BCUT2D eigenvalue weighted by atomic mass is 10.1. The molecule has 0 bridgehead atoms. The third kappa shape index (κ3) is 1.05. The van der Waals surface area contributed by atoms with Gasteiger partial charge >= 0.3 is 0 Å². The number of carbonyl (C=O) groups excluding carboxylic acids is 1. The fourth-order valence-corrected chi connectivity index (χ4v) is 2.05. The molecular weight excluding hydrogens is 204 g/mol. The number of hydrogen-bond acceptors (Lipinski definition) is 3. The number of phenols is 2. The van der Waals surface area contributed by atoms with Gasteiger partial charge in [-0.25, -0.2) is 0 Å². The van der Waals surface area contributed by atoms with Crippen LogP contribution in [0.4, 0.5) is 0 Å². The number of carbonyl (C=O) groups is 1. The van der Waals surface area contributed by atoms with Crippen LogP contribution in [0.1, 0.15) is 15.9 Å². The predicted molar refractivity (Wildman–Crippen MR) is 58.6 cm³/mol. The highest BCUT2D eigenvalue weighted by atomic mass is 16.3. The largest absolute Gasteiger partial charge is 0.508 e. The van der Waals surface area contributed by atoms with Crippen LogP contribution in [-0.4, -0.2) is 16.0 Å². The van der Waals surface area contributed by atoms with Crippen LogP contribution in [0.5, 0.6) is 11.5 Å². The molecule has 0 fully saturated rings. The molecule has 78 valence electrons. The fourth-order valence-electron chi connectivity index (χ4n) is 2.05. The minimum absolute atomic E-state index is 0.0648. The van der Waals surface area contributed by atoms with Gasteiger partial charge in [-0.15, -0.1) is 0 Å². The van der Waals surface area contributed by atoms with Gasteiger partial charge in [0, 0.05) is 11.1 Å². The lowest BCUT2D eigenvalue weighted by Gasteiger charge is -2.00. The van der Waals surface area contributed by atoms with Crippen molar-refractivity contribution in [2.24, 2.45) is 0 Å². The second-order valence-corrected chi connectivity index (χ2v) is 3.79. The summed E-state index contributed by atoms with van der Waals surface area (Å²) in [6.07, 6.45) is 0. The molecule has 16 heavy (non-hydrogen) atoms. The smallest absolute Gasteiger partial charge is 0.194 e. The third-order valence-corrected chi connectivity index (χ3v) is 2.79. The Morgan fingerprint density at radius 2 is 1.12 bits per heavy atom. The van der Waals surface area contributed by atoms with Gasteiger partial charge in [0.05, 0.1) is 0 Å². The van der Waals surface area contributed by atoms with E-state index in [1.54, 1.807) is 24.3 Å². The van der Waals surface area contributed by atoms with E-state index >= 15 is 0 Å². The molecule has 1 aliphatic carbocycles. The van der Waals surface area contributed by atoms with E-state index < -0.39 is 0 Å². The maximum atomic E-state index is 11.9. The Morgan fingerprint density at radius 3 is 1.56 bits per heavy atom. The molecule has 2 aromatic carbocycles. The van der Waals surface area contributed by atoms with Gasteiger partial charge in [0.1, 0.15) is 11.5 Å². The zero-order valence-electron chi connectivity index (χ0n) is 8.27. The van der Waals surface area contributed by atoms with Crippen molar-refractivity contribution in [2.75, 3.05) is 0 Å². The molecule has 0 amide bonds. The highest BCUT2D eigenvalue weighted by molar-refractivity contribution is 6.21. The Hall–Kier alpha value is -2.29. The van der Waals surface area contributed by atoms with Crippen LogP contribution in [-0.2, 0) is 0 Å². The Labute approximate surface area is 91.6 Å². The van der Waals surface area contributed by atoms with E-state index in [4.69, 9.17) is 0 Å². The SMILES string of the molecule is O=C1c2ccc(O)cc2-c2cc(O)ccc21. The Balaban J connectivity index is 2.37. The van der Waals surface area contributed by atoms with E-state index in [2.05, 4.69) is 0 Å². The number of hydrogen-bond donors (Lipinski definition) is 2. The third-order valence-electron chi connectivity index (χ3n) is 2.79. The number of aromatic hydroxyl groups is 2. The Morgan fingerprint density at radius 1 is 0.688 bits per heavy atom. The highest BCUT2D eigenvalue weighted by Gasteiger charge is 2.26. The van der Waals surface area contributed by atoms with Gasteiger partial charge < -0.3 is 10.2 Å². The van der Waals surface area contributed by atoms with Gasteiger partial charge in [0.15, 0.2) is 5.78 Å². The molecule has 0 aliphatic heterocycles. The van der Waals surface area contributed by atoms with Crippen molar-refractivity contribution in [3.8, 4) is 22.6 Å². The first kappa shape index (κ1) is 8.97. The van der Waals surface area contributed by atoms with E-state index in [9.17, 15) is 15.0 Å². The monoisotopic (exact) mass is 212 g/mol. The van der Waals surface area contributed by atoms with Gasteiger partial charge in [0.2, 0.25) is 0 Å². The van der Waals surface area contributed by atoms with Gasteiger partial charge in [-0.2, -0.15) is 0 Å². The first-order valence-electron chi connectivity index (χ1n) is 4.88. The number of fused-ring (bicyclic) bond motifs is 3. The molecule has 0 heterocycles. The fraction of sp³-hybridized carbons (Fsp3) is 0. The molecule has 0 atom stereocenters. The molecule has 3 heteroatoms. The Bertz CT molecular complexity index is 561. The molecule has 3 rings (SSSR count). The van der Waals surface area contributed by atoms with Crippen LogP contribution < -0.4 is 0 Å². The van der Waals surface area contributed by atoms with Gasteiger partial charge in [-0.3, -0.25) is 4.79 Å². The first-order chi connectivity index (χ1) is 7.66. The molecule has 3 nitrogen and oxygen atoms in total. The summed E-state index contributed by atoms with van der Waals surface area (Å²) in [5, 5.41) is 18.8. The summed E-state index contributed by atoms with van der Waals surface area (Å²) in [5.74, 6) is 0.162. The van der Waals surface area contributed by atoms with Crippen LogP contribution in [0.15, 0.2) is 36.4 Å². The molecule has 1 aliphatic rings. The second-order valence-electron chi connectivity index (χ2n) is 3.79. The van der Waals surface area contributed by atoms with Crippen molar-refractivity contribution in [3.05, 3.63) is 47.5 Å². The summed E-state index contributed by atoms with van der Waals surface area (Å²) < 4.78 is 0. The normalized spacial score (nSPS) is 12.4. The number of benzene rings is 2. The van der Waals surface area contributed by atoms with Crippen molar-refractivity contribution in [2.45, 2.75) is 0 Å². The summed E-state index contributed by atoms with van der Waals surface area (Å²) >= 11 is 0. The van der Waals surface area contributed by atoms with Crippen LogP contribution in [0.25, 0.3) is 11.1 Å². The number of rotatable bonds is 0. The van der Waals surface area contributed by atoms with Crippen LogP contribution >= 0.6 is 0 Å². The topological polar surface area (TPSA) is 57.5 Å². The van der Waals surface area contributed by atoms with E-state index in [-0.39, 0.29) is 17.3 Å². The summed E-state index contributed by atoms with van der Waals surface area (Å²) in [6, 6.07) is 9.26. The van der Waals surface area contributed by atoms with Crippen molar-refractivity contribution < 1.29 is 15.0 Å². The molecule has 2 aromatic rings. The quantitative estimate of drug-likeness (QED) is 0.601. The van der Waals surface area contributed by atoms with Crippen LogP contribution in [0, 0.1) is 0 Å². The molecule has 2 N–H and O–H groups in total. The number of phenolic OH excluding ortho intramolecular Hbond substituents is 2. The molecule has 0 spiro atoms. The molecule has 0 radical (unpaired) electrons. The summed E-state index contributed by atoms with van der Waals surface area (Å²) in [4.78, 5) is 11.9. The van der Waals surface area contributed by atoms with Crippen molar-refractivity contribution in [1.82, 2.24) is 0 Å². The molecular formula is C13H8O3. The van der Waals surface area contributed by atoms with E-state index in [0.29, 0.717) is 22.3 Å². The van der Waals surface area contributed by atoms with Crippen molar-refractivity contribution in [1.29, 1.82) is 0 Å². The van der Waals surface area contributed by atoms with E-state index in [1.165, 1.54) is 12.1 Å². The zero-order chi connectivity index (χ0) is 11.3. The average Bonchev–Trinajstić information content (AvgIpc) is 2.52. The first-order valence-corrected chi connectivity index (χ1v) is 4.88. The van der Waals surface area contributed by atoms with E-state index in [0.717, 1.165) is 0 Å². The lowest BCUT2D eigenvalue weighted by molar-refractivity contribution is 0.104.